The van der Waals surface area contributed by atoms with Crippen LogP contribution in [-0.4, -0.2) is 6.71 Å². The lowest BCUT2D eigenvalue weighted by Gasteiger charge is -2.42. The molecule has 12 rings (SSSR count). The van der Waals surface area contributed by atoms with Gasteiger partial charge >= 0.3 is 0 Å². The molecule has 8 aromatic carbocycles. The molecule has 3 aliphatic rings. The van der Waals surface area contributed by atoms with E-state index in [-0.39, 0.29) is 6.71 Å². The second kappa shape index (κ2) is 14.9. The third-order valence-corrected chi connectivity index (χ3v) is 12.4. The Balaban J connectivity index is 1.13. The number of furan rings is 1. The van der Waals surface area contributed by atoms with Crippen LogP contribution >= 0.6 is 0 Å². The molecule has 0 spiro atoms. The molecule has 0 radical (unpaired) electrons. The van der Waals surface area contributed by atoms with Gasteiger partial charge in [-0.05, 0) is 131 Å². The fourth-order valence-corrected chi connectivity index (χ4v) is 9.73. The number of benzene rings is 8. The molecule has 292 valence electrons. The average Bonchev–Trinajstić information content (AvgIpc) is 3.50. The van der Waals surface area contributed by atoms with E-state index < -0.39 is 0 Å². The number of hydrogen-bond acceptors (Lipinski definition) is 4. The Morgan fingerprint density at radius 2 is 1.13 bits per heavy atom. The Morgan fingerprint density at radius 1 is 0.468 bits per heavy atom. The fourth-order valence-electron chi connectivity index (χ4n) is 9.73. The van der Waals surface area contributed by atoms with Gasteiger partial charge in [-0.1, -0.05) is 140 Å². The Morgan fingerprint density at radius 3 is 1.89 bits per heavy atom. The van der Waals surface area contributed by atoms with Gasteiger partial charge in [-0.25, -0.2) is 0 Å². The Labute approximate surface area is 362 Å². The van der Waals surface area contributed by atoms with Gasteiger partial charge in [0.15, 0.2) is 0 Å². The van der Waals surface area contributed by atoms with Crippen molar-refractivity contribution in [3.8, 4) is 11.1 Å². The van der Waals surface area contributed by atoms with Gasteiger partial charge in [0.25, 0.3) is 6.71 Å². The van der Waals surface area contributed by atoms with Crippen LogP contribution in [0, 0.1) is 0 Å². The van der Waals surface area contributed by atoms with E-state index in [2.05, 4.69) is 245 Å². The third-order valence-electron chi connectivity index (χ3n) is 12.4. The second-order valence-electron chi connectivity index (χ2n) is 16.1. The molecule has 0 amide bonds. The zero-order valence-electron chi connectivity index (χ0n) is 34.0. The minimum Gasteiger partial charge on any atom is -0.468 e. The maximum Gasteiger partial charge on any atom is 0.297 e. The molecule has 2 aliphatic heterocycles. The smallest absolute Gasteiger partial charge is 0.297 e. The van der Waals surface area contributed by atoms with Gasteiger partial charge in [0.05, 0.1) is 11.3 Å². The first-order chi connectivity index (χ1) is 30.8. The summed E-state index contributed by atoms with van der Waals surface area (Å²) < 4.78 is 7.18. The molecule has 0 saturated carbocycles. The molecule has 0 atom stereocenters. The van der Waals surface area contributed by atoms with Gasteiger partial charge in [-0.2, -0.15) is 0 Å². The number of anilines is 9. The van der Waals surface area contributed by atoms with Gasteiger partial charge in [0.1, 0.15) is 5.58 Å². The van der Waals surface area contributed by atoms with E-state index in [0.29, 0.717) is 0 Å². The van der Waals surface area contributed by atoms with Crippen LogP contribution in [0.3, 0.4) is 0 Å². The number of rotatable bonds is 7. The summed E-state index contributed by atoms with van der Waals surface area (Å²) in [6.45, 7) is -0.164. The van der Waals surface area contributed by atoms with Crippen molar-refractivity contribution >= 4 is 91.0 Å². The van der Waals surface area contributed by atoms with E-state index in [9.17, 15) is 0 Å². The predicted octanol–water partition coefficient (Wildman–Crippen LogP) is 13.6. The largest absolute Gasteiger partial charge is 0.468 e. The maximum absolute atomic E-state index is 7.18. The summed E-state index contributed by atoms with van der Waals surface area (Å²) >= 11 is 0. The molecule has 5 heteroatoms. The quantitative estimate of drug-likeness (QED) is 0.150. The van der Waals surface area contributed by atoms with Crippen molar-refractivity contribution in [3.63, 3.8) is 0 Å². The zero-order chi connectivity index (χ0) is 41.0. The SMILES string of the molecule is C1=CC=C(c2cc(-c3ccccc3)cc(N3c4cccc5c4B(c4ccc(N(c6ccccc6)c6ccccc6)cc4N5c4ccccc4)c4oc5ccccc5c43)c2)CC=C1. The summed E-state index contributed by atoms with van der Waals surface area (Å²) in [4.78, 5) is 7.27. The average molecular weight is 794 g/mol. The summed E-state index contributed by atoms with van der Waals surface area (Å²) in [5.41, 5.74) is 19.0. The van der Waals surface area contributed by atoms with E-state index in [1.54, 1.807) is 0 Å². The molecule has 1 aromatic heterocycles. The standard InChI is InChI=1S/C57H40BN3O/c1-2-8-21-40(20-7-1)42-36-43(41-22-9-3-10-23-41)38-48(37-42)61-52-32-19-31-51-55(52)58(57-56(61)49-30-17-18-33-54(49)62-57)50-35-34-47(39-53(50)60(51)46-28-15-6-16-29-46)59(44-24-11-4-12-25-44)45-26-13-5-14-27-45/h1-20,22-39H,21H2. The highest BCUT2D eigenvalue weighted by Gasteiger charge is 2.46. The Kier molecular flexibility index (Phi) is 8.63. The lowest BCUT2D eigenvalue weighted by atomic mass is 9.35. The molecule has 0 bridgehead atoms. The van der Waals surface area contributed by atoms with Crippen LogP contribution in [0.1, 0.15) is 12.0 Å². The number of fused-ring (bicyclic) bond motifs is 6. The predicted molar refractivity (Wildman–Crippen MR) is 261 cm³/mol. The van der Waals surface area contributed by atoms with Crippen molar-refractivity contribution in [3.05, 3.63) is 236 Å². The highest BCUT2D eigenvalue weighted by molar-refractivity contribution is 7.00. The third kappa shape index (κ3) is 5.93. The van der Waals surface area contributed by atoms with Crippen LogP contribution < -0.4 is 31.3 Å². The van der Waals surface area contributed by atoms with Crippen molar-refractivity contribution in [2.75, 3.05) is 14.7 Å². The van der Waals surface area contributed by atoms with Crippen LogP contribution in [0.4, 0.5) is 51.2 Å². The maximum atomic E-state index is 7.18. The monoisotopic (exact) mass is 793 g/mol. The normalized spacial score (nSPS) is 13.6. The van der Waals surface area contributed by atoms with Crippen LogP contribution in [0.2, 0.25) is 0 Å². The molecule has 1 aliphatic carbocycles. The molecule has 4 nitrogen and oxygen atoms in total. The topological polar surface area (TPSA) is 22.9 Å². The molecule has 0 fully saturated rings. The fraction of sp³-hybridized carbons (Fsp3) is 0.0175. The van der Waals surface area contributed by atoms with E-state index in [0.717, 1.165) is 74.2 Å². The molecular weight excluding hydrogens is 753 g/mol. The van der Waals surface area contributed by atoms with Crippen LogP contribution in [0.15, 0.2) is 235 Å². The number of para-hydroxylation sites is 4. The number of nitrogens with zero attached hydrogens (tertiary/aromatic N) is 3. The van der Waals surface area contributed by atoms with Crippen molar-refractivity contribution in [1.29, 1.82) is 0 Å². The highest BCUT2D eigenvalue weighted by Crippen LogP contribution is 2.48. The summed E-state index contributed by atoms with van der Waals surface area (Å²) in [6.07, 6.45) is 11.7. The lowest BCUT2D eigenvalue weighted by molar-refractivity contribution is 0.651. The van der Waals surface area contributed by atoms with Crippen molar-refractivity contribution in [1.82, 2.24) is 0 Å². The van der Waals surface area contributed by atoms with E-state index in [1.807, 2.05) is 0 Å². The van der Waals surface area contributed by atoms with Crippen LogP contribution in [0.5, 0.6) is 0 Å². The summed E-state index contributed by atoms with van der Waals surface area (Å²) in [7, 11) is 0. The van der Waals surface area contributed by atoms with Gasteiger partial charge in [-0.3, -0.25) is 0 Å². The van der Waals surface area contributed by atoms with Gasteiger partial charge in [0.2, 0.25) is 0 Å². The molecular formula is C57H40BN3O. The number of allylic oxidation sites excluding steroid dienone is 6. The first-order valence-corrected chi connectivity index (χ1v) is 21.4. The second-order valence-corrected chi connectivity index (χ2v) is 16.1. The van der Waals surface area contributed by atoms with Gasteiger partial charge in [0, 0.05) is 50.9 Å². The summed E-state index contributed by atoms with van der Waals surface area (Å²) in [6, 6.07) is 72.2. The van der Waals surface area contributed by atoms with Crippen molar-refractivity contribution in [2.45, 2.75) is 6.42 Å². The van der Waals surface area contributed by atoms with Gasteiger partial charge < -0.3 is 19.1 Å². The zero-order valence-corrected chi connectivity index (χ0v) is 34.0. The molecule has 0 saturated heterocycles. The molecule has 0 N–H and O–H groups in total. The van der Waals surface area contributed by atoms with Crippen molar-refractivity contribution < 1.29 is 4.42 Å². The van der Waals surface area contributed by atoms with E-state index in [1.165, 1.54) is 33.2 Å². The molecule has 0 unspecified atom stereocenters. The first kappa shape index (κ1) is 35.9. The van der Waals surface area contributed by atoms with Crippen LogP contribution in [0.25, 0.3) is 27.7 Å². The number of hydrogen-bond donors (Lipinski definition) is 0. The van der Waals surface area contributed by atoms with Crippen LogP contribution in [-0.2, 0) is 0 Å². The minimum atomic E-state index is -0.164. The van der Waals surface area contributed by atoms with E-state index >= 15 is 0 Å². The Hall–Kier alpha value is -8.02. The molecule has 9 aromatic rings. The summed E-state index contributed by atoms with van der Waals surface area (Å²) in [5, 5.41) is 1.09. The summed E-state index contributed by atoms with van der Waals surface area (Å²) in [5.74, 6) is 0. The highest BCUT2D eigenvalue weighted by atomic mass is 16.3. The van der Waals surface area contributed by atoms with Crippen molar-refractivity contribution in [2.24, 2.45) is 0 Å². The lowest BCUT2D eigenvalue weighted by Crippen LogP contribution is -2.61. The first-order valence-electron chi connectivity index (χ1n) is 21.4. The minimum absolute atomic E-state index is 0.164. The van der Waals surface area contributed by atoms with Gasteiger partial charge in [-0.15, -0.1) is 0 Å². The Bertz CT molecular complexity index is 3190. The molecule has 3 heterocycles. The van der Waals surface area contributed by atoms with E-state index in [4.69, 9.17) is 4.42 Å². The molecule has 62 heavy (non-hydrogen) atoms.